The molecule has 0 radical (unpaired) electrons. The summed E-state index contributed by atoms with van der Waals surface area (Å²) in [7, 11) is 0. The number of aliphatic carboxylic acids is 1. The molecule has 1 rings (SSSR count). The summed E-state index contributed by atoms with van der Waals surface area (Å²) >= 11 is 0. The van der Waals surface area contributed by atoms with Gasteiger partial charge in [0.05, 0.1) is 6.04 Å². The van der Waals surface area contributed by atoms with Gasteiger partial charge in [-0.05, 0) is 31.0 Å². The molecule has 6 nitrogen and oxygen atoms in total. The third-order valence-electron chi connectivity index (χ3n) is 2.46. The van der Waals surface area contributed by atoms with Crippen LogP contribution in [0.2, 0.25) is 0 Å². The van der Waals surface area contributed by atoms with E-state index in [-0.39, 0.29) is 12.2 Å². The van der Waals surface area contributed by atoms with Crippen LogP contribution in [0, 0.1) is 0 Å². The minimum absolute atomic E-state index is 0.135. The minimum atomic E-state index is -1.11. The molecule has 1 amide bonds. The summed E-state index contributed by atoms with van der Waals surface area (Å²) in [5.41, 5.74) is 6.46. The van der Waals surface area contributed by atoms with Gasteiger partial charge in [-0.1, -0.05) is 12.1 Å². The number of hydrogen-bond acceptors (Lipinski definition) is 4. The molecular weight excluding hydrogens is 236 g/mol. The van der Waals surface area contributed by atoms with Crippen molar-refractivity contribution in [1.29, 1.82) is 0 Å². The molecule has 0 bridgehead atoms. The van der Waals surface area contributed by atoms with Crippen LogP contribution in [0.4, 0.5) is 0 Å². The van der Waals surface area contributed by atoms with E-state index < -0.39 is 24.0 Å². The van der Waals surface area contributed by atoms with Crippen LogP contribution in [-0.4, -0.2) is 34.2 Å². The molecule has 98 valence electrons. The summed E-state index contributed by atoms with van der Waals surface area (Å²) in [6.45, 7) is 1.37. The zero-order chi connectivity index (χ0) is 13.7. The molecule has 0 saturated carbocycles. The Morgan fingerprint density at radius 1 is 1.33 bits per heavy atom. The summed E-state index contributed by atoms with van der Waals surface area (Å²) in [5, 5.41) is 20.1. The lowest BCUT2D eigenvalue weighted by atomic mass is 10.1. The Bertz CT molecular complexity index is 430. The van der Waals surface area contributed by atoms with Crippen LogP contribution >= 0.6 is 0 Å². The average molecular weight is 252 g/mol. The van der Waals surface area contributed by atoms with Gasteiger partial charge >= 0.3 is 5.97 Å². The third-order valence-corrected chi connectivity index (χ3v) is 2.46. The molecule has 1 unspecified atom stereocenters. The van der Waals surface area contributed by atoms with Crippen LogP contribution in [0.3, 0.4) is 0 Å². The van der Waals surface area contributed by atoms with Gasteiger partial charge in [0.15, 0.2) is 0 Å². The molecule has 0 aliphatic carbocycles. The molecule has 0 heterocycles. The maximum atomic E-state index is 11.6. The van der Waals surface area contributed by atoms with Crippen molar-refractivity contribution in [3.8, 4) is 5.75 Å². The highest BCUT2D eigenvalue weighted by Crippen LogP contribution is 2.10. The summed E-state index contributed by atoms with van der Waals surface area (Å²) in [6.07, 6.45) is 0.276. The first-order valence-corrected chi connectivity index (χ1v) is 5.47. The number of rotatable bonds is 5. The van der Waals surface area contributed by atoms with Gasteiger partial charge in [0.2, 0.25) is 5.91 Å². The Kier molecular flexibility index (Phi) is 4.67. The molecule has 0 saturated heterocycles. The first-order chi connectivity index (χ1) is 8.40. The van der Waals surface area contributed by atoms with Gasteiger partial charge in [0, 0.05) is 0 Å². The Morgan fingerprint density at radius 2 is 1.89 bits per heavy atom. The molecule has 6 heteroatoms. The third kappa shape index (κ3) is 4.06. The number of carbonyl (C=O) groups is 2. The first kappa shape index (κ1) is 14.0. The van der Waals surface area contributed by atoms with Gasteiger partial charge in [-0.2, -0.15) is 0 Å². The second-order valence-electron chi connectivity index (χ2n) is 4.05. The van der Waals surface area contributed by atoms with Crippen LogP contribution < -0.4 is 11.1 Å². The zero-order valence-corrected chi connectivity index (χ0v) is 9.96. The number of benzene rings is 1. The van der Waals surface area contributed by atoms with E-state index >= 15 is 0 Å². The van der Waals surface area contributed by atoms with Crippen molar-refractivity contribution >= 4 is 11.9 Å². The van der Waals surface area contributed by atoms with Crippen molar-refractivity contribution in [3.63, 3.8) is 0 Å². The van der Waals surface area contributed by atoms with Gasteiger partial charge in [0.1, 0.15) is 11.8 Å². The number of phenolic OH excluding ortho intramolecular Hbond substituents is 1. The standard InChI is InChI=1S/C12H16N2O4/c1-7(12(17)18)14-11(16)10(13)6-8-2-4-9(15)5-3-8/h2-5,7,10,15H,6,13H2,1H3,(H,14,16)(H,17,18)/t7?,10-/m1/s1. The Balaban J connectivity index is 2.54. The summed E-state index contributed by atoms with van der Waals surface area (Å²) in [5.74, 6) is -1.49. The van der Waals surface area contributed by atoms with Gasteiger partial charge in [-0.15, -0.1) is 0 Å². The first-order valence-electron chi connectivity index (χ1n) is 5.47. The Labute approximate surface area is 104 Å². The van der Waals surface area contributed by atoms with Crippen molar-refractivity contribution in [2.75, 3.05) is 0 Å². The second kappa shape index (κ2) is 6.02. The van der Waals surface area contributed by atoms with E-state index in [0.29, 0.717) is 0 Å². The molecule has 2 atom stereocenters. The van der Waals surface area contributed by atoms with Crippen LogP contribution in [-0.2, 0) is 16.0 Å². The van der Waals surface area contributed by atoms with Crippen LogP contribution in [0.5, 0.6) is 5.75 Å². The number of carbonyl (C=O) groups excluding carboxylic acids is 1. The number of amides is 1. The highest BCUT2D eigenvalue weighted by Gasteiger charge is 2.19. The van der Waals surface area contributed by atoms with Gasteiger partial charge < -0.3 is 21.3 Å². The maximum Gasteiger partial charge on any atom is 0.325 e. The fourth-order valence-corrected chi connectivity index (χ4v) is 1.36. The van der Waals surface area contributed by atoms with Crippen molar-refractivity contribution in [2.24, 2.45) is 5.73 Å². The quantitative estimate of drug-likeness (QED) is 0.582. The van der Waals surface area contributed by atoms with E-state index in [0.717, 1.165) is 5.56 Å². The molecular formula is C12H16N2O4. The zero-order valence-electron chi connectivity index (χ0n) is 9.96. The SMILES string of the molecule is CC(NC(=O)[C@H](N)Cc1ccc(O)cc1)C(=O)O. The van der Waals surface area contributed by atoms with Gasteiger partial charge in [-0.25, -0.2) is 0 Å². The highest BCUT2D eigenvalue weighted by molar-refractivity contribution is 5.86. The smallest absolute Gasteiger partial charge is 0.325 e. The molecule has 0 spiro atoms. The molecule has 1 aromatic carbocycles. The fraction of sp³-hybridized carbons (Fsp3) is 0.333. The van der Waals surface area contributed by atoms with Crippen molar-refractivity contribution < 1.29 is 19.8 Å². The van der Waals surface area contributed by atoms with Gasteiger partial charge in [-0.3, -0.25) is 9.59 Å². The number of phenols is 1. The van der Waals surface area contributed by atoms with Crippen LogP contribution in [0.25, 0.3) is 0 Å². The number of hydrogen-bond donors (Lipinski definition) is 4. The van der Waals surface area contributed by atoms with Gasteiger partial charge in [0.25, 0.3) is 0 Å². The minimum Gasteiger partial charge on any atom is -0.508 e. The Morgan fingerprint density at radius 3 is 2.39 bits per heavy atom. The van der Waals surface area contributed by atoms with Crippen LogP contribution in [0.1, 0.15) is 12.5 Å². The Hall–Kier alpha value is -2.08. The van der Waals surface area contributed by atoms with Crippen molar-refractivity contribution in [2.45, 2.75) is 25.4 Å². The lowest BCUT2D eigenvalue weighted by Crippen LogP contribution is -2.47. The maximum absolute atomic E-state index is 11.6. The number of nitrogens with one attached hydrogen (secondary N) is 1. The number of nitrogens with two attached hydrogens (primary N) is 1. The van der Waals surface area contributed by atoms with E-state index in [2.05, 4.69) is 5.32 Å². The molecule has 0 aliphatic heterocycles. The predicted octanol–water partition coefficient (Wildman–Crippen LogP) is -0.149. The second-order valence-corrected chi connectivity index (χ2v) is 4.05. The number of carboxylic acids is 1. The number of carboxylic acid groups (broad SMARTS) is 1. The molecule has 0 fully saturated rings. The van der Waals surface area contributed by atoms with E-state index in [1.165, 1.54) is 19.1 Å². The normalized spacial score (nSPS) is 13.7. The van der Waals surface area contributed by atoms with Crippen molar-refractivity contribution in [1.82, 2.24) is 5.32 Å². The monoisotopic (exact) mass is 252 g/mol. The summed E-state index contributed by atoms with van der Waals surface area (Å²) < 4.78 is 0. The molecule has 18 heavy (non-hydrogen) atoms. The molecule has 5 N–H and O–H groups in total. The average Bonchev–Trinajstić information content (AvgIpc) is 2.31. The van der Waals surface area contributed by atoms with E-state index in [1.54, 1.807) is 12.1 Å². The molecule has 0 aromatic heterocycles. The molecule has 0 aliphatic rings. The summed E-state index contributed by atoms with van der Waals surface area (Å²) in [4.78, 5) is 22.2. The van der Waals surface area contributed by atoms with E-state index in [1.807, 2.05) is 0 Å². The highest BCUT2D eigenvalue weighted by atomic mass is 16.4. The van der Waals surface area contributed by atoms with E-state index in [9.17, 15) is 9.59 Å². The number of aromatic hydroxyl groups is 1. The van der Waals surface area contributed by atoms with Crippen LogP contribution in [0.15, 0.2) is 24.3 Å². The topological polar surface area (TPSA) is 113 Å². The fourth-order valence-electron chi connectivity index (χ4n) is 1.36. The largest absolute Gasteiger partial charge is 0.508 e. The predicted molar refractivity (Wildman–Crippen MR) is 65.0 cm³/mol. The summed E-state index contributed by atoms with van der Waals surface area (Å²) in [6, 6.07) is 4.52. The van der Waals surface area contributed by atoms with Crippen molar-refractivity contribution in [3.05, 3.63) is 29.8 Å². The van der Waals surface area contributed by atoms with E-state index in [4.69, 9.17) is 15.9 Å². The molecule has 1 aromatic rings. The lowest BCUT2D eigenvalue weighted by Gasteiger charge is -2.14. The lowest BCUT2D eigenvalue weighted by molar-refractivity contribution is -0.141.